The lowest BCUT2D eigenvalue weighted by Gasteiger charge is -2.32. The SMILES string of the molecule is CCN1/C(=C/C=C/C2=[N+](CCCCCC(=O)NCCCC[C@H](NC(=O)[C@H](CO)NC(=O)[C@H](Cc3c[nH]c4ccccc34)NC(=O)[C@H](CC(C)C)NC(=O)[C@H](Cc3ccc(O)cc3)NC(=O)[C@@H](CCCNC(=N)N)NC(=O)[C@@H](CO)NC(=O)[C@H](Cc3ccccc3)NC(=O)[C@@H](NC(=O)[C@H](CC(=O)O)NC(=O)CNC(=O)CNC(C)=O)C3CCCCC3)C(=O)NC)c3ccc(S(=O)(=O)O)cc3C2(C)C)C(C)(C)c2cc(S(=O)(=O)O)ccc21. The summed E-state index contributed by atoms with van der Waals surface area (Å²) in [5.41, 5.74) is 10.6. The molecule has 150 heavy (non-hydrogen) atoms. The number of H-pyrrole nitrogens is 1. The Hall–Kier alpha value is -14.6. The number of phenolic OH excluding ortho intramolecular Hbond substituents is 1. The minimum absolute atomic E-state index is 0.0224. The number of unbranched alkanes of at least 4 members (excludes halogenated alkanes) is 3. The van der Waals surface area contributed by atoms with Gasteiger partial charge in [-0.3, -0.25) is 86.4 Å². The molecule has 3 heterocycles. The number of hydrogen-bond donors (Lipinski definition) is 24. The molecule has 0 spiro atoms. The molecule has 2 aliphatic heterocycles. The van der Waals surface area contributed by atoms with Crippen molar-refractivity contribution in [1.29, 1.82) is 5.41 Å². The van der Waals surface area contributed by atoms with Gasteiger partial charge >= 0.3 is 5.97 Å². The Bertz CT molecular complexity index is 6210. The van der Waals surface area contributed by atoms with E-state index in [1.807, 2.05) is 52.8 Å². The number of nitrogens with two attached hydrogens (primary N) is 1. The number of fused-ring (bicyclic) bond motifs is 3. The number of carboxylic acid groups (broad SMARTS) is 1. The van der Waals surface area contributed by atoms with Gasteiger partial charge in [-0.15, -0.1) is 0 Å². The molecule has 814 valence electrons. The molecule has 0 unspecified atom stereocenters. The Labute approximate surface area is 870 Å². The van der Waals surface area contributed by atoms with Crippen LogP contribution in [0.4, 0.5) is 11.4 Å². The van der Waals surface area contributed by atoms with E-state index >= 15 is 14.4 Å². The van der Waals surface area contributed by atoms with Gasteiger partial charge in [0.25, 0.3) is 20.2 Å². The second-order valence-corrected chi connectivity index (χ2v) is 41.7. The smallest absolute Gasteiger partial charge is 0.305 e. The van der Waals surface area contributed by atoms with Crippen molar-refractivity contribution in [2.24, 2.45) is 17.6 Å². The van der Waals surface area contributed by atoms with Crippen molar-refractivity contribution in [1.82, 2.24) is 84.7 Å². The van der Waals surface area contributed by atoms with Gasteiger partial charge in [-0.1, -0.05) is 114 Å². The first-order valence-electron chi connectivity index (χ1n) is 50.0. The molecule has 14 amide bonds. The predicted octanol–water partition coefficient (Wildman–Crippen LogP) is 1.77. The van der Waals surface area contributed by atoms with E-state index in [1.54, 1.807) is 86.8 Å². The summed E-state index contributed by atoms with van der Waals surface area (Å²) >= 11 is 0. The van der Waals surface area contributed by atoms with E-state index < -0.39 is 225 Å². The number of likely N-dealkylation sites (N-methyl/N-ethyl adjacent to an activating group) is 2. The molecular formula is C103H141N20O25S2+. The topological polar surface area (TPSA) is 698 Å². The summed E-state index contributed by atoms with van der Waals surface area (Å²) < 4.78 is 71.4. The van der Waals surface area contributed by atoms with Crippen molar-refractivity contribution in [3.63, 3.8) is 0 Å². The fraction of sp³-hybridized carbons (Fsp3) is 0.485. The van der Waals surface area contributed by atoms with Crippen molar-refractivity contribution in [2.45, 2.75) is 258 Å². The molecule has 6 aromatic rings. The normalized spacial score (nSPS) is 16.0. The summed E-state index contributed by atoms with van der Waals surface area (Å²) in [4.78, 5) is 214. The average Bonchev–Trinajstić information content (AvgIpc) is 1.58. The number of guanidine groups is 1. The van der Waals surface area contributed by atoms with Crippen LogP contribution in [0.3, 0.4) is 0 Å². The molecule has 0 saturated heterocycles. The monoisotopic (exact) mass is 2120 g/mol. The van der Waals surface area contributed by atoms with E-state index in [0.29, 0.717) is 103 Å². The van der Waals surface area contributed by atoms with Gasteiger partial charge in [0.2, 0.25) is 88.4 Å². The second-order valence-electron chi connectivity index (χ2n) is 38.9. The molecule has 10 atom stereocenters. The fourth-order valence-corrected chi connectivity index (χ4v) is 19.5. The molecular weight excluding hydrogens is 1980 g/mol. The van der Waals surface area contributed by atoms with Crippen molar-refractivity contribution < 1.29 is 123 Å². The lowest BCUT2D eigenvalue weighted by molar-refractivity contribution is -0.438. The van der Waals surface area contributed by atoms with Crippen molar-refractivity contribution >= 4 is 143 Å². The number of phenols is 1. The number of carbonyl (C=O) groups is 15. The van der Waals surface area contributed by atoms with Crippen LogP contribution in [0.15, 0.2) is 155 Å². The number of allylic oxidation sites excluding steroid dienone is 4. The van der Waals surface area contributed by atoms with E-state index in [4.69, 9.17) is 11.1 Å². The van der Waals surface area contributed by atoms with Crippen LogP contribution in [0, 0.1) is 17.2 Å². The number of aliphatic hydroxyl groups is 2. The molecule has 47 heteroatoms. The number of nitrogens with one attached hydrogen (secondary N) is 17. The summed E-state index contributed by atoms with van der Waals surface area (Å²) in [6.07, 6.45) is 10.2. The van der Waals surface area contributed by atoms with Gasteiger partial charge in [-0.05, 0) is 174 Å². The number of aliphatic hydroxyl groups excluding tert-OH is 2. The third-order valence-corrected chi connectivity index (χ3v) is 28.2. The number of carbonyl (C=O) groups excluding carboxylic acids is 14. The highest BCUT2D eigenvalue weighted by molar-refractivity contribution is 7.86. The summed E-state index contributed by atoms with van der Waals surface area (Å²) in [6.45, 7) is 12.1. The molecule has 25 N–H and O–H groups in total. The standard InChI is InChI=1S/C103H140N20O25S2/c1-10-122-82-43-41-67(149(143,144)145)52-70(82)102(5,6)84(122)34-24-35-85-103(7,8)71-53-68(150(146,147)148)42-44-83(71)123(85)47-23-13-18-36-86(128)107-45-22-21-32-73(91(133)106-9)113-98(140)80(58-124)120-96(138)78(51-65-55-110-72-31-20-19-30-69(65)72)117-93(135)75(48-60(2)3)115-94(136)76(50-63-37-39-66(127)40-38-63)116-92(134)74(33-25-46-108-101(104)105)114-99(141)81(59-125)119-95(137)77(49-62-26-14-11-15-27-62)118-100(142)90(64-28-16-12-17-29-64)121-97(139)79(54-89(131)132)112-88(130)57-111-87(129)56-109-61(4)126/h11,14-15,19-20,24,26-27,30-31,34-35,37-44,52-53,55,60,64,73-81,90,110,124-125H,10,12-13,16-18,21-23,25,28-29,32-33,36,45-51,54,56-59H2,1-9H3,(H21-,104,105,106,107,108,109,111,112,113,114,115,116,117,118,119,120,121,126,127,128,129,130,131,132,133,134,135,136,137,138,139,140,141,142,143,144,145,146,147,148)/p+1/t73-,74+,75-,76-,77-,78-,79-,80-,81+,90-/m0/s1. The van der Waals surface area contributed by atoms with E-state index in [1.165, 1.54) is 55.6 Å². The van der Waals surface area contributed by atoms with Crippen LogP contribution in [-0.4, -0.2) is 276 Å². The Morgan fingerprint density at radius 1 is 0.533 bits per heavy atom. The van der Waals surface area contributed by atoms with Gasteiger partial charge in [0.15, 0.2) is 11.7 Å². The van der Waals surface area contributed by atoms with Crippen LogP contribution in [0.5, 0.6) is 5.75 Å². The van der Waals surface area contributed by atoms with Gasteiger partial charge in [0.1, 0.15) is 72.7 Å². The molecule has 1 fully saturated rings. The minimum Gasteiger partial charge on any atom is -0.508 e. The summed E-state index contributed by atoms with van der Waals surface area (Å²) in [5, 5.41) is 88.8. The Kier molecular flexibility index (Phi) is 44.1. The first kappa shape index (κ1) is 119. The first-order valence-corrected chi connectivity index (χ1v) is 52.9. The van der Waals surface area contributed by atoms with Gasteiger partial charge in [0, 0.05) is 117 Å². The van der Waals surface area contributed by atoms with Crippen LogP contribution < -0.4 is 90.4 Å². The number of aromatic hydroxyl groups is 1. The second kappa shape index (κ2) is 55.6. The van der Waals surface area contributed by atoms with Crippen LogP contribution in [0.1, 0.15) is 186 Å². The molecule has 45 nitrogen and oxygen atoms in total. The maximum Gasteiger partial charge on any atom is 0.305 e. The number of hydrogen-bond acceptors (Lipinski definition) is 24. The fourth-order valence-electron chi connectivity index (χ4n) is 18.5. The Morgan fingerprint density at radius 3 is 1.64 bits per heavy atom. The zero-order valence-electron chi connectivity index (χ0n) is 85.5. The van der Waals surface area contributed by atoms with Crippen molar-refractivity contribution in [2.75, 3.05) is 64.4 Å². The number of aromatic amines is 1. The quantitative estimate of drug-likeness (QED) is 0.00850. The van der Waals surface area contributed by atoms with E-state index in [9.17, 15) is 104 Å². The predicted molar refractivity (Wildman–Crippen MR) is 555 cm³/mol. The first-order chi connectivity index (χ1) is 71.0. The molecule has 5 aromatic carbocycles. The number of para-hydroxylation sites is 1. The van der Waals surface area contributed by atoms with Crippen LogP contribution >= 0.6 is 0 Å². The average molecular weight is 2120 g/mol. The summed E-state index contributed by atoms with van der Waals surface area (Å²) in [7, 11) is -7.72. The molecule has 1 saturated carbocycles. The number of aromatic nitrogens is 1. The molecule has 0 radical (unpaired) electrons. The Morgan fingerprint density at radius 2 is 1.05 bits per heavy atom. The van der Waals surface area contributed by atoms with Gasteiger partial charge in [-0.25, -0.2) is 0 Å². The summed E-state index contributed by atoms with van der Waals surface area (Å²) in [6, 6.07) is 13.4. The lowest BCUT2D eigenvalue weighted by atomic mass is 9.81. The van der Waals surface area contributed by atoms with E-state index in [2.05, 4.69) is 94.2 Å². The highest BCUT2D eigenvalue weighted by Gasteiger charge is 2.47. The lowest BCUT2D eigenvalue weighted by Crippen LogP contribution is -2.62. The number of carboxylic acids is 1. The number of nitrogens with zero attached hydrogens (tertiary/aromatic N) is 2. The molecule has 3 aliphatic rings. The van der Waals surface area contributed by atoms with Crippen molar-refractivity contribution in [3.05, 3.63) is 173 Å². The van der Waals surface area contributed by atoms with Gasteiger partial charge < -0.3 is 116 Å². The molecule has 1 aliphatic carbocycles. The highest BCUT2D eigenvalue weighted by atomic mass is 32.2. The molecule has 0 bridgehead atoms. The van der Waals surface area contributed by atoms with Crippen LogP contribution in [0.2, 0.25) is 0 Å². The van der Waals surface area contributed by atoms with Gasteiger partial charge in [0.05, 0.1) is 47.9 Å². The minimum atomic E-state index is -4.58. The zero-order valence-corrected chi connectivity index (χ0v) is 87.2. The van der Waals surface area contributed by atoms with Crippen LogP contribution in [0.25, 0.3) is 10.9 Å². The van der Waals surface area contributed by atoms with E-state index in [0.717, 1.165) is 36.1 Å². The highest BCUT2D eigenvalue weighted by Crippen LogP contribution is 2.49. The largest absolute Gasteiger partial charge is 0.508 e. The Balaban J connectivity index is 0.852. The maximum absolute atomic E-state index is 15.2. The van der Waals surface area contributed by atoms with Gasteiger partial charge in [-0.2, -0.15) is 21.4 Å². The zero-order chi connectivity index (χ0) is 110. The number of benzene rings is 5. The molecule has 9 rings (SSSR count). The number of amides is 14. The van der Waals surface area contributed by atoms with Crippen molar-refractivity contribution in [3.8, 4) is 5.75 Å². The molecule has 1 aromatic heterocycles. The number of anilines is 1. The van der Waals surface area contributed by atoms with Crippen LogP contribution in [-0.2, 0) is 122 Å². The maximum atomic E-state index is 15.2. The third-order valence-electron chi connectivity index (χ3n) is 26.5. The number of rotatable bonds is 57. The third kappa shape index (κ3) is 34.5. The van der Waals surface area contributed by atoms with E-state index in [-0.39, 0.29) is 92.3 Å². The number of aliphatic carboxylic acids is 1. The summed E-state index contributed by atoms with van der Waals surface area (Å²) in [5.74, 6) is -15.7.